The van der Waals surface area contributed by atoms with Crippen molar-refractivity contribution in [3.05, 3.63) is 58.6 Å². The van der Waals surface area contributed by atoms with E-state index in [1.807, 2.05) is 24.3 Å². The first-order valence-electron chi connectivity index (χ1n) is 7.46. The minimum absolute atomic E-state index is 0.244. The van der Waals surface area contributed by atoms with Gasteiger partial charge in [-0.25, -0.2) is 0 Å². The lowest BCUT2D eigenvalue weighted by Gasteiger charge is -2.24. The van der Waals surface area contributed by atoms with Gasteiger partial charge in [0.25, 0.3) is 0 Å². The van der Waals surface area contributed by atoms with Crippen LogP contribution in [0.2, 0.25) is 5.02 Å². The number of benzene rings is 2. The summed E-state index contributed by atoms with van der Waals surface area (Å²) in [6.45, 7) is 7.19. The summed E-state index contributed by atoms with van der Waals surface area (Å²) < 4.78 is 0. The summed E-state index contributed by atoms with van der Waals surface area (Å²) >= 11 is 5.97. The molecule has 114 valence electrons. The number of nitrogens with one attached hydrogen (secondary N) is 1. The van der Waals surface area contributed by atoms with Crippen molar-refractivity contribution in [2.24, 2.45) is 0 Å². The van der Waals surface area contributed by atoms with Gasteiger partial charge in [-0.05, 0) is 62.2 Å². The van der Waals surface area contributed by atoms with Gasteiger partial charge in [0.05, 0.1) is 6.04 Å². The minimum Gasteiger partial charge on any atom is -0.310 e. The molecule has 1 N–H and O–H groups in total. The molecule has 0 saturated carbocycles. The fourth-order valence-corrected chi connectivity index (χ4v) is 3.12. The van der Waals surface area contributed by atoms with Crippen LogP contribution in [0.15, 0.2) is 42.5 Å². The Bertz CT molecular complexity index is 709. The third kappa shape index (κ3) is 2.46. The van der Waals surface area contributed by atoms with Crippen LogP contribution in [0.1, 0.15) is 18.1 Å². The van der Waals surface area contributed by atoms with Gasteiger partial charge in [-0.15, -0.1) is 0 Å². The van der Waals surface area contributed by atoms with Crippen LogP contribution in [-0.4, -0.2) is 18.5 Å². The molecule has 0 radical (unpaired) electrons. The normalized spacial score (nSPS) is 18.2. The Morgan fingerprint density at radius 2 is 1.77 bits per heavy atom. The van der Waals surface area contributed by atoms with Crippen molar-refractivity contribution in [2.45, 2.75) is 26.8 Å². The Hall–Kier alpha value is -2.00. The molecule has 0 aliphatic carbocycles. The van der Waals surface area contributed by atoms with Gasteiger partial charge in [-0.2, -0.15) is 0 Å². The third-order valence-electron chi connectivity index (χ3n) is 4.34. The smallest absolute Gasteiger partial charge is 0.203 e. The summed E-state index contributed by atoms with van der Waals surface area (Å²) in [5.74, 6) is 0.517. The molecule has 3 nitrogen and oxygen atoms in total. The van der Waals surface area contributed by atoms with Crippen LogP contribution in [0, 0.1) is 19.3 Å². The van der Waals surface area contributed by atoms with Crippen LogP contribution >= 0.6 is 11.6 Å². The van der Waals surface area contributed by atoms with E-state index >= 15 is 0 Å². The van der Waals surface area contributed by atoms with E-state index in [-0.39, 0.29) is 6.04 Å². The molecule has 2 aromatic rings. The van der Waals surface area contributed by atoms with Crippen molar-refractivity contribution in [3.8, 4) is 0 Å². The number of aryl methyl sites for hydroxylation is 1. The monoisotopic (exact) mass is 313 g/mol. The van der Waals surface area contributed by atoms with Crippen molar-refractivity contribution in [2.75, 3.05) is 16.3 Å². The average Bonchev–Trinajstić information content (AvgIpc) is 2.78. The first-order valence-corrected chi connectivity index (χ1v) is 7.84. The lowest BCUT2D eigenvalue weighted by molar-refractivity contribution is 0.793. The quantitative estimate of drug-likeness (QED) is 0.877. The fraction of sp³-hybridized carbons (Fsp3) is 0.278. The molecule has 0 spiro atoms. The van der Waals surface area contributed by atoms with Gasteiger partial charge < -0.3 is 9.80 Å². The van der Waals surface area contributed by atoms with E-state index in [9.17, 15) is 0 Å². The highest BCUT2D eigenvalue weighted by Gasteiger charge is 2.34. The topological polar surface area (TPSA) is 30.3 Å². The molecule has 0 aromatic heterocycles. The summed E-state index contributed by atoms with van der Waals surface area (Å²) in [4.78, 5) is 4.14. The molecule has 1 aliphatic rings. The molecule has 1 aliphatic heterocycles. The van der Waals surface area contributed by atoms with Crippen molar-refractivity contribution in [3.63, 3.8) is 0 Å². The van der Waals surface area contributed by atoms with Gasteiger partial charge in [0.2, 0.25) is 5.96 Å². The molecular weight excluding hydrogens is 294 g/mol. The van der Waals surface area contributed by atoms with Gasteiger partial charge in [0.1, 0.15) is 0 Å². The number of halogens is 1. The number of anilines is 2. The first kappa shape index (κ1) is 14.9. The standard InChI is InChI=1S/C18H20ClN3/c1-12-5-4-6-17(14(12)3)21-11-13(2)22(18(21)20)16-9-7-15(19)8-10-16/h4-10,13,20H,11H2,1-3H3. The minimum atomic E-state index is 0.244. The molecule has 2 aromatic carbocycles. The average molecular weight is 314 g/mol. The van der Waals surface area contributed by atoms with E-state index in [1.54, 1.807) is 0 Å². The van der Waals surface area contributed by atoms with E-state index < -0.39 is 0 Å². The number of hydrogen-bond donors (Lipinski definition) is 1. The molecule has 0 bridgehead atoms. The summed E-state index contributed by atoms with van der Waals surface area (Å²) in [6.07, 6.45) is 0. The Morgan fingerprint density at radius 3 is 2.45 bits per heavy atom. The Balaban J connectivity index is 1.96. The zero-order valence-electron chi connectivity index (χ0n) is 13.1. The van der Waals surface area contributed by atoms with Gasteiger partial charge in [0, 0.05) is 22.9 Å². The highest BCUT2D eigenvalue weighted by molar-refractivity contribution is 6.30. The molecule has 4 heteroatoms. The predicted molar refractivity (Wildman–Crippen MR) is 94.4 cm³/mol. The maximum absolute atomic E-state index is 8.61. The van der Waals surface area contributed by atoms with Crippen molar-refractivity contribution < 1.29 is 0 Å². The first-order chi connectivity index (χ1) is 10.5. The van der Waals surface area contributed by atoms with Gasteiger partial charge in [0.15, 0.2) is 0 Å². The SMILES string of the molecule is Cc1cccc(N2CC(C)N(c3ccc(Cl)cc3)C2=N)c1C. The molecule has 1 heterocycles. The van der Waals surface area contributed by atoms with E-state index in [4.69, 9.17) is 17.0 Å². The number of rotatable bonds is 2. The fourth-order valence-electron chi connectivity index (χ4n) is 2.99. The van der Waals surface area contributed by atoms with Crippen LogP contribution in [0.3, 0.4) is 0 Å². The maximum atomic E-state index is 8.61. The van der Waals surface area contributed by atoms with Crippen molar-refractivity contribution >= 4 is 28.9 Å². The Morgan fingerprint density at radius 1 is 1.09 bits per heavy atom. The maximum Gasteiger partial charge on any atom is 0.203 e. The lowest BCUT2D eigenvalue weighted by atomic mass is 10.1. The zero-order valence-corrected chi connectivity index (χ0v) is 13.9. The van der Waals surface area contributed by atoms with Crippen LogP contribution in [-0.2, 0) is 0 Å². The summed E-state index contributed by atoms with van der Waals surface area (Å²) in [7, 11) is 0. The molecule has 0 amide bonds. The molecule has 1 fully saturated rings. The number of nitrogens with zero attached hydrogens (tertiary/aromatic N) is 2. The van der Waals surface area contributed by atoms with Crippen LogP contribution in [0.5, 0.6) is 0 Å². The van der Waals surface area contributed by atoms with E-state index in [0.29, 0.717) is 11.0 Å². The largest absolute Gasteiger partial charge is 0.310 e. The molecular formula is C18H20ClN3. The van der Waals surface area contributed by atoms with E-state index in [0.717, 1.165) is 17.9 Å². The molecule has 1 saturated heterocycles. The predicted octanol–water partition coefficient (Wildman–Crippen LogP) is 4.61. The second-order valence-electron chi connectivity index (χ2n) is 5.85. The molecule has 3 rings (SSSR count). The highest BCUT2D eigenvalue weighted by atomic mass is 35.5. The molecule has 1 atom stereocenters. The van der Waals surface area contributed by atoms with Gasteiger partial charge >= 0.3 is 0 Å². The van der Waals surface area contributed by atoms with Crippen molar-refractivity contribution in [1.82, 2.24) is 0 Å². The van der Waals surface area contributed by atoms with Crippen LogP contribution < -0.4 is 9.80 Å². The van der Waals surface area contributed by atoms with Gasteiger partial charge in [-0.3, -0.25) is 5.41 Å². The summed E-state index contributed by atoms with van der Waals surface area (Å²) in [5.41, 5.74) is 4.61. The molecule has 1 unspecified atom stereocenters. The highest BCUT2D eigenvalue weighted by Crippen LogP contribution is 2.31. The van der Waals surface area contributed by atoms with Crippen molar-refractivity contribution in [1.29, 1.82) is 5.41 Å². The molecule has 22 heavy (non-hydrogen) atoms. The van der Waals surface area contributed by atoms with E-state index in [1.165, 1.54) is 11.1 Å². The zero-order chi connectivity index (χ0) is 15.9. The van der Waals surface area contributed by atoms with Crippen LogP contribution in [0.25, 0.3) is 0 Å². The Kier molecular flexibility index (Phi) is 3.83. The summed E-state index contributed by atoms with van der Waals surface area (Å²) in [6, 6.07) is 14.2. The third-order valence-corrected chi connectivity index (χ3v) is 4.60. The second kappa shape index (κ2) is 5.65. The van der Waals surface area contributed by atoms with Crippen LogP contribution in [0.4, 0.5) is 11.4 Å². The lowest BCUT2D eigenvalue weighted by Crippen LogP contribution is -2.34. The number of guanidine groups is 1. The number of hydrogen-bond acceptors (Lipinski definition) is 1. The van der Waals surface area contributed by atoms with Gasteiger partial charge in [-0.1, -0.05) is 23.7 Å². The second-order valence-corrected chi connectivity index (χ2v) is 6.29. The Labute approximate surface area is 136 Å². The summed E-state index contributed by atoms with van der Waals surface area (Å²) in [5, 5.41) is 9.32. The van der Waals surface area contributed by atoms with E-state index in [2.05, 4.69) is 48.8 Å².